The molecule has 0 saturated carbocycles. The number of amides is 1. The van der Waals surface area contributed by atoms with Crippen molar-refractivity contribution in [3.05, 3.63) is 46.3 Å². The zero-order chi connectivity index (χ0) is 16.4. The summed E-state index contributed by atoms with van der Waals surface area (Å²) in [5.74, 6) is -0.944. The summed E-state index contributed by atoms with van der Waals surface area (Å²) in [7, 11) is 1.29. The molecule has 3 N–H and O–H groups in total. The summed E-state index contributed by atoms with van der Waals surface area (Å²) in [6.45, 7) is 5.20. The molecule has 0 fully saturated rings. The van der Waals surface area contributed by atoms with Gasteiger partial charge >= 0.3 is 5.97 Å². The molecule has 1 aromatic heterocycles. The smallest absolute Gasteiger partial charge is 0.339 e. The zero-order valence-corrected chi connectivity index (χ0v) is 12.9. The van der Waals surface area contributed by atoms with E-state index >= 15 is 0 Å². The Morgan fingerprint density at radius 2 is 1.91 bits per heavy atom. The molecule has 1 heterocycles. The Morgan fingerprint density at radius 1 is 1.23 bits per heavy atom. The number of aromatic hydroxyl groups is 1. The number of aryl methyl sites for hydroxylation is 2. The maximum Gasteiger partial charge on any atom is 0.339 e. The van der Waals surface area contributed by atoms with E-state index in [0.29, 0.717) is 22.5 Å². The molecule has 22 heavy (non-hydrogen) atoms. The van der Waals surface area contributed by atoms with E-state index in [1.165, 1.54) is 7.11 Å². The highest BCUT2D eigenvalue weighted by atomic mass is 16.5. The van der Waals surface area contributed by atoms with Crippen molar-refractivity contribution in [1.82, 2.24) is 4.98 Å². The molecule has 0 saturated heterocycles. The number of hydrogen-bond acceptors (Lipinski definition) is 4. The number of carbonyl (C=O) groups is 2. The number of phenols is 1. The van der Waals surface area contributed by atoms with Gasteiger partial charge in [-0.2, -0.15) is 0 Å². The average Bonchev–Trinajstić information content (AvgIpc) is 2.76. The van der Waals surface area contributed by atoms with Crippen LogP contribution in [0.15, 0.2) is 18.2 Å². The van der Waals surface area contributed by atoms with Gasteiger partial charge in [0.1, 0.15) is 11.4 Å². The number of esters is 1. The first-order valence-corrected chi connectivity index (χ1v) is 6.73. The molecule has 1 amide bonds. The highest BCUT2D eigenvalue weighted by Gasteiger charge is 2.22. The van der Waals surface area contributed by atoms with E-state index < -0.39 is 11.9 Å². The second-order valence-electron chi connectivity index (χ2n) is 5.09. The molecule has 116 valence electrons. The van der Waals surface area contributed by atoms with Crippen LogP contribution in [0.4, 0.5) is 5.69 Å². The molecule has 0 aliphatic carbocycles. The topological polar surface area (TPSA) is 91.4 Å². The second-order valence-corrected chi connectivity index (χ2v) is 5.09. The van der Waals surface area contributed by atoms with Crippen LogP contribution >= 0.6 is 0 Å². The van der Waals surface area contributed by atoms with Crippen LogP contribution in [0.2, 0.25) is 0 Å². The standard InChI is InChI=1S/C16H18N2O4/c1-8-5-6-11(12(19)7-8)18-15(20)14-9(2)13(10(3)17-14)16(21)22-4/h5-7,17,19H,1-4H3,(H,18,20). The number of benzene rings is 1. The Bertz CT molecular complexity index is 747. The van der Waals surface area contributed by atoms with Crippen molar-refractivity contribution in [3.8, 4) is 5.75 Å². The largest absolute Gasteiger partial charge is 0.506 e. The molecular formula is C16H18N2O4. The minimum atomic E-state index is -0.497. The van der Waals surface area contributed by atoms with Crippen molar-refractivity contribution in [1.29, 1.82) is 0 Å². The SMILES string of the molecule is COC(=O)c1c(C)[nH]c(C(=O)Nc2ccc(C)cc2O)c1C. The van der Waals surface area contributed by atoms with E-state index in [9.17, 15) is 14.7 Å². The first kappa shape index (κ1) is 15.6. The van der Waals surface area contributed by atoms with Gasteiger partial charge in [0, 0.05) is 5.69 Å². The molecule has 2 aromatic rings. The van der Waals surface area contributed by atoms with Crippen LogP contribution in [-0.2, 0) is 4.74 Å². The summed E-state index contributed by atoms with van der Waals surface area (Å²) < 4.78 is 4.71. The fourth-order valence-corrected chi connectivity index (χ4v) is 2.32. The molecule has 0 spiro atoms. The number of aromatic nitrogens is 1. The monoisotopic (exact) mass is 302 g/mol. The van der Waals surface area contributed by atoms with Gasteiger partial charge < -0.3 is 20.1 Å². The molecule has 0 unspecified atom stereocenters. The lowest BCUT2D eigenvalue weighted by Gasteiger charge is -2.08. The summed E-state index contributed by atoms with van der Waals surface area (Å²) in [4.78, 5) is 27.0. The maximum atomic E-state index is 12.3. The van der Waals surface area contributed by atoms with E-state index in [1.54, 1.807) is 32.0 Å². The van der Waals surface area contributed by atoms with Gasteiger partial charge in [0.05, 0.1) is 18.4 Å². The third-order valence-electron chi connectivity index (χ3n) is 3.46. The molecule has 0 aliphatic heterocycles. The number of phenolic OH excluding ortho intramolecular Hbond substituents is 1. The third-order valence-corrected chi connectivity index (χ3v) is 3.46. The van der Waals surface area contributed by atoms with Crippen LogP contribution < -0.4 is 5.32 Å². The average molecular weight is 302 g/mol. The summed E-state index contributed by atoms with van der Waals surface area (Å²) in [6, 6.07) is 4.96. The summed E-state index contributed by atoms with van der Waals surface area (Å²) >= 11 is 0. The molecule has 0 bridgehead atoms. The minimum Gasteiger partial charge on any atom is -0.506 e. The van der Waals surface area contributed by atoms with Crippen LogP contribution in [0.3, 0.4) is 0 Å². The van der Waals surface area contributed by atoms with Crippen LogP contribution in [0.25, 0.3) is 0 Å². The Kier molecular flexibility index (Phi) is 4.21. The zero-order valence-electron chi connectivity index (χ0n) is 12.9. The highest BCUT2D eigenvalue weighted by Crippen LogP contribution is 2.25. The summed E-state index contributed by atoms with van der Waals surface area (Å²) in [5, 5.41) is 12.5. The lowest BCUT2D eigenvalue weighted by Crippen LogP contribution is -2.14. The van der Waals surface area contributed by atoms with Crippen LogP contribution in [0.1, 0.15) is 37.7 Å². The summed E-state index contributed by atoms with van der Waals surface area (Å²) in [6.07, 6.45) is 0. The van der Waals surface area contributed by atoms with Gasteiger partial charge in [-0.25, -0.2) is 4.79 Å². The number of anilines is 1. The molecule has 6 nitrogen and oxygen atoms in total. The van der Waals surface area contributed by atoms with Gasteiger partial charge in [0.15, 0.2) is 0 Å². The number of nitrogens with one attached hydrogen (secondary N) is 2. The quantitative estimate of drug-likeness (QED) is 0.600. The Balaban J connectivity index is 2.32. The van der Waals surface area contributed by atoms with Gasteiger partial charge in [-0.1, -0.05) is 6.07 Å². The lowest BCUT2D eigenvalue weighted by molar-refractivity contribution is 0.0599. The summed E-state index contributed by atoms with van der Waals surface area (Å²) in [5.41, 5.74) is 2.87. The number of H-pyrrole nitrogens is 1. The molecule has 0 atom stereocenters. The van der Waals surface area contributed by atoms with E-state index in [4.69, 9.17) is 4.74 Å². The first-order chi connectivity index (χ1) is 10.3. The van der Waals surface area contributed by atoms with Crippen LogP contribution in [0.5, 0.6) is 5.75 Å². The highest BCUT2D eigenvalue weighted by molar-refractivity contribution is 6.07. The first-order valence-electron chi connectivity index (χ1n) is 6.73. The van der Waals surface area contributed by atoms with Crippen molar-refractivity contribution in [3.63, 3.8) is 0 Å². The lowest BCUT2D eigenvalue weighted by atomic mass is 10.1. The van der Waals surface area contributed by atoms with Gasteiger partial charge in [-0.05, 0) is 44.0 Å². The van der Waals surface area contributed by atoms with Crippen LogP contribution in [-0.4, -0.2) is 29.1 Å². The minimum absolute atomic E-state index is 0.0116. The number of methoxy groups -OCH3 is 1. The number of ether oxygens (including phenoxy) is 1. The van der Waals surface area contributed by atoms with Crippen molar-refractivity contribution in [2.75, 3.05) is 12.4 Å². The molecule has 6 heteroatoms. The number of aromatic amines is 1. The van der Waals surface area contributed by atoms with Crippen molar-refractivity contribution < 1.29 is 19.4 Å². The van der Waals surface area contributed by atoms with Crippen LogP contribution in [0, 0.1) is 20.8 Å². The third kappa shape index (κ3) is 2.81. The Morgan fingerprint density at radius 3 is 2.50 bits per heavy atom. The fraction of sp³-hybridized carbons (Fsp3) is 0.250. The van der Waals surface area contributed by atoms with Crippen molar-refractivity contribution >= 4 is 17.6 Å². The number of rotatable bonds is 3. The maximum absolute atomic E-state index is 12.3. The molecule has 1 aromatic carbocycles. The van der Waals surface area contributed by atoms with E-state index in [1.807, 2.05) is 6.92 Å². The number of carbonyl (C=O) groups excluding carboxylic acids is 2. The molecule has 2 rings (SSSR count). The van der Waals surface area contributed by atoms with Gasteiger partial charge in [-0.3, -0.25) is 4.79 Å². The van der Waals surface area contributed by atoms with Gasteiger partial charge in [-0.15, -0.1) is 0 Å². The van der Waals surface area contributed by atoms with E-state index in [0.717, 1.165) is 5.56 Å². The van der Waals surface area contributed by atoms with Crippen molar-refractivity contribution in [2.45, 2.75) is 20.8 Å². The van der Waals surface area contributed by atoms with Gasteiger partial charge in [0.25, 0.3) is 5.91 Å². The van der Waals surface area contributed by atoms with E-state index in [-0.39, 0.29) is 11.4 Å². The Labute approximate surface area is 128 Å². The van der Waals surface area contributed by atoms with E-state index in [2.05, 4.69) is 10.3 Å². The van der Waals surface area contributed by atoms with Gasteiger partial charge in [0.2, 0.25) is 0 Å². The fourth-order valence-electron chi connectivity index (χ4n) is 2.32. The Hall–Kier alpha value is -2.76. The normalized spacial score (nSPS) is 10.4. The number of hydrogen-bond donors (Lipinski definition) is 3. The van der Waals surface area contributed by atoms with Crippen molar-refractivity contribution in [2.24, 2.45) is 0 Å². The predicted octanol–water partition coefficient (Wildman–Crippen LogP) is 2.68. The molecule has 0 aliphatic rings. The molecule has 0 radical (unpaired) electrons. The molecular weight excluding hydrogens is 284 g/mol. The predicted molar refractivity (Wildman–Crippen MR) is 82.4 cm³/mol. The second kappa shape index (κ2) is 5.93.